The number of carbonyl (C=O) groups is 1. The molecule has 5 nitrogen and oxygen atoms in total. The Balaban J connectivity index is 1.66. The molecule has 0 bridgehead atoms. The summed E-state index contributed by atoms with van der Waals surface area (Å²) in [5.41, 5.74) is 0.935. The quantitative estimate of drug-likeness (QED) is 0.723. The van der Waals surface area contributed by atoms with Crippen molar-refractivity contribution < 1.29 is 19.2 Å². The maximum Gasteiger partial charge on any atom is 0.260 e. The number of quaternary nitrogens is 1. The monoisotopic (exact) mass is 341 g/mol. The van der Waals surface area contributed by atoms with Gasteiger partial charge in [-0.1, -0.05) is 11.6 Å². The van der Waals surface area contributed by atoms with Gasteiger partial charge in [0.1, 0.15) is 18.8 Å². The zero-order chi connectivity index (χ0) is 16.7. The molecule has 1 aliphatic heterocycles. The molecule has 2 rings (SSSR count). The Hall–Kier alpha value is -1.30. The first-order valence-electron chi connectivity index (χ1n) is 8.18. The Bertz CT molecular complexity index is 519. The smallest absolute Gasteiger partial charge is 0.260 e. The van der Waals surface area contributed by atoms with Crippen LogP contribution < -0.4 is 15.0 Å². The van der Waals surface area contributed by atoms with E-state index in [2.05, 4.69) is 5.32 Å². The number of benzene rings is 1. The summed E-state index contributed by atoms with van der Waals surface area (Å²) < 4.78 is 11.0. The topological polar surface area (TPSA) is 52.0 Å². The predicted molar refractivity (Wildman–Crippen MR) is 90.3 cm³/mol. The number of hydrogen-bond acceptors (Lipinski definition) is 3. The normalized spacial score (nSPS) is 16.8. The Kier molecular flexibility index (Phi) is 7.15. The largest absolute Gasteiger partial charge is 0.481 e. The number of rotatable bonds is 7. The number of ether oxygens (including phenoxy) is 2. The first-order chi connectivity index (χ1) is 11.1. The molecule has 0 radical (unpaired) electrons. The van der Waals surface area contributed by atoms with Crippen molar-refractivity contribution in [2.45, 2.75) is 26.4 Å². The Morgan fingerprint density at radius 1 is 1.43 bits per heavy atom. The number of morpholine rings is 1. The zero-order valence-electron chi connectivity index (χ0n) is 13.9. The van der Waals surface area contributed by atoms with Gasteiger partial charge in [0.25, 0.3) is 5.91 Å². The van der Waals surface area contributed by atoms with Crippen molar-refractivity contribution in [3.63, 3.8) is 0 Å². The summed E-state index contributed by atoms with van der Waals surface area (Å²) in [6.07, 6.45) is 0.444. The molecule has 1 aromatic carbocycles. The van der Waals surface area contributed by atoms with Crippen molar-refractivity contribution in [1.29, 1.82) is 0 Å². The fourth-order valence-electron chi connectivity index (χ4n) is 2.55. The third-order valence-corrected chi connectivity index (χ3v) is 4.44. The lowest BCUT2D eigenvalue weighted by atomic mass is 10.2. The van der Waals surface area contributed by atoms with Gasteiger partial charge < -0.3 is 19.7 Å². The lowest BCUT2D eigenvalue weighted by Crippen LogP contribution is -3.14. The zero-order valence-corrected chi connectivity index (χ0v) is 14.6. The molecule has 128 valence electrons. The molecule has 0 aliphatic carbocycles. The number of aryl methyl sites for hydroxylation is 1. The second kappa shape index (κ2) is 9.11. The first kappa shape index (κ1) is 18.0. The maximum atomic E-state index is 12.1. The van der Waals surface area contributed by atoms with Crippen LogP contribution in [0.1, 0.15) is 18.9 Å². The number of carbonyl (C=O) groups excluding carboxylic acids is 1. The lowest BCUT2D eigenvalue weighted by molar-refractivity contribution is -0.908. The van der Waals surface area contributed by atoms with Crippen molar-refractivity contribution in [2.24, 2.45) is 0 Å². The minimum atomic E-state index is -0.522. The average molecular weight is 342 g/mol. The van der Waals surface area contributed by atoms with Crippen molar-refractivity contribution in [2.75, 3.05) is 39.4 Å². The highest BCUT2D eigenvalue weighted by Gasteiger charge is 2.16. The van der Waals surface area contributed by atoms with Gasteiger partial charge in [0, 0.05) is 18.0 Å². The van der Waals surface area contributed by atoms with E-state index < -0.39 is 6.10 Å². The van der Waals surface area contributed by atoms with Gasteiger partial charge in [-0.15, -0.1) is 0 Å². The van der Waals surface area contributed by atoms with Gasteiger partial charge in [0.05, 0.1) is 19.8 Å². The third kappa shape index (κ3) is 6.01. The van der Waals surface area contributed by atoms with Crippen LogP contribution in [-0.2, 0) is 9.53 Å². The molecule has 1 aromatic rings. The van der Waals surface area contributed by atoms with Gasteiger partial charge in [0.15, 0.2) is 6.10 Å². The van der Waals surface area contributed by atoms with Crippen LogP contribution in [0.15, 0.2) is 18.2 Å². The summed E-state index contributed by atoms with van der Waals surface area (Å²) in [5, 5.41) is 3.63. The van der Waals surface area contributed by atoms with Crippen LogP contribution in [-0.4, -0.2) is 51.4 Å². The van der Waals surface area contributed by atoms with E-state index in [1.165, 1.54) is 0 Å². The molecule has 1 heterocycles. The van der Waals surface area contributed by atoms with Crippen molar-refractivity contribution in [3.8, 4) is 5.75 Å². The van der Waals surface area contributed by atoms with Crippen molar-refractivity contribution in [3.05, 3.63) is 28.8 Å². The number of amides is 1. The van der Waals surface area contributed by atoms with Crippen LogP contribution in [0.5, 0.6) is 5.75 Å². The Morgan fingerprint density at radius 3 is 2.87 bits per heavy atom. The van der Waals surface area contributed by atoms with E-state index in [-0.39, 0.29) is 5.91 Å². The minimum Gasteiger partial charge on any atom is -0.481 e. The highest BCUT2D eigenvalue weighted by Crippen LogP contribution is 2.21. The molecule has 1 aliphatic rings. The Labute approximate surface area is 142 Å². The van der Waals surface area contributed by atoms with Crippen LogP contribution in [0.3, 0.4) is 0 Å². The fourth-order valence-corrected chi connectivity index (χ4v) is 2.67. The standard InChI is InChI=1S/C17H25ClN2O3/c1-13-12-15(4-5-16(13)18)23-14(2)17(21)19-6-3-7-20-8-10-22-11-9-20/h4-5,12,14H,3,6-11H2,1-2H3,(H,19,21)/p+1/t14-/m1/s1. The van der Waals surface area contributed by atoms with Gasteiger partial charge in [-0.3, -0.25) is 4.79 Å². The van der Waals surface area contributed by atoms with Crippen LogP contribution in [0.25, 0.3) is 0 Å². The first-order valence-corrected chi connectivity index (χ1v) is 8.56. The highest BCUT2D eigenvalue weighted by atomic mass is 35.5. The number of halogens is 1. The fraction of sp³-hybridized carbons (Fsp3) is 0.588. The molecular formula is C17H26ClN2O3+. The molecular weight excluding hydrogens is 316 g/mol. The molecule has 1 fully saturated rings. The highest BCUT2D eigenvalue weighted by molar-refractivity contribution is 6.31. The summed E-state index contributed by atoms with van der Waals surface area (Å²) in [6, 6.07) is 5.40. The second-order valence-corrected chi connectivity index (χ2v) is 6.34. The van der Waals surface area contributed by atoms with Crippen LogP contribution in [0.4, 0.5) is 0 Å². The van der Waals surface area contributed by atoms with E-state index >= 15 is 0 Å². The summed E-state index contributed by atoms with van der Waals surface area (Å²) in [4.78, 5) is 13.6. The second-order valence-electron chi connectivity index (χ2n) is 5.93. The van der Waals surface area contributed by atoms with E-state index in [1.807, 2.05) is 13.0 Å². The minimum absolute atomic E-state index is 0.0884. The van der Waals surface area contributed by atoms with E-state index in [9.17, 15) is 4.79 Å². The summed E-state index contributed by atoms with van der Waals surface area (Å²) in [5.74, 6) is 0.571. The number of hydrogen-bond donors (Lipinski definition) is 2. The molecule has 0 unspecified atom stereocenters. The lowest BCUT2D eigenvalue weighted by Gasteiger charge is -2.23. The summed E-state index contributed by atoms with van der Waals surface area (Å²) >= 11 is 5.98. The summed E-state index contributed by atoms with van der Waals surface area (Å²) in [7, 11) is 0. The number of nitrogens with one attached hydrogen (secondary N) is 2. The average Bonchev–Trinajstić information content (AvgIpc) is 2.55. The predicted octanol–water partition coefficient (Wildman–Crippen LogP) is 0.837. The van der Waals surface area contributed by atoms with Gasteiger partial charge in [0.2, 0.25) is 0 Å². The van der Waals surface area contributed by atoms with E-state index in [0.717, 1.165) is 44.8 Å². The van der Waals surface area contributed by atoms with E-state index in [4.69, 9.17) is 21.1 Å². The third-order valence-electron chi connectivity index (χ3n) is 4.02. The molecule has 1 amide bonds. The van der Waals surface area contributed by atoms with Crippen molar-refractivity contribution >= 4 is 17.5 Å². The van der Waals surface area contributed by atoms with Gasteiger partial charge in [-0.25, -0.2) is 0 Å². The van der Waals surface area contributed by atoms with E-state index in [0.29, 0.717) is 17.3 Å². The van der Waals surface area contributed by atoms with Crippen LogP contribution in [0.2, 0.25) is 5.02 Å². The molecule has 0 aromatic heterocycles. The van der Waals surface area contributed by atoms with Gasteiger partial charge in [-0.2, -0.15) is 0 Å². The van der Waals surface area contributed by atoms with E-state index in [1.54, 1.807) is 24.0 Å². The summed E-state index contributed by atoms with van der Waals surface area (Å²) in [6.45, 7) is 9.21. The van der Waals surface area contributed by atoms with Gasteiger partial charge >= 0.3 is 0 Å². The molecule has 2 N–H and O–H groups in total. The van der Waals surface area contributed by atoms with Gasteiger partial charge in [-0.05, 0) is 37.6 Å². The van der Waals surface area contributed by atoms with Crippen molar-refractivity contribution in [1.82, 2.24) is 5.32 Å². The van der Waals surface area contributed by atoms with Crippen LogP contribution >= 0.6 is 11.6 Å². The molecule has 6 heteroatoms. The molecule has 0 saturated carbocycles. The molecule has 1 saturated heterocycles. The molecule has 0 spiro atoms. The molecule has 1 atom stereocenters. The maximum absolute atomic E-state index is 12.1. The SMILES string of the molecule is Cc1cc(O[C@H](C)C(=O)NCCC[NH+]2CCOCC2)ccc1Cl. The Morgan fingerprint density at radius 2 is 2.17 bits per heavy atom. The van der Waals surface area contributed by atoms with Crippen LogP contribution in [0, 0.1) is 6.92 Å². The molecule has 23 heavy (non-hydrogen) atoms.